The minimum Gasteiger partial charge on any atom is -0.373 e. The molecular formula is C15H22FN3O3. The lowest BCUT2D eigenvalue weighted by atomic mass is 10.2. The molecule has 0 aromatic heterocycles. The molecule has 1 aromatic rings. The Morgan fingerprint density at radius 1 is 1.41 bits per heavy atom. The molecule has 0 spiro atoms. The van der Waals surface area contributed by atoms with E-state index in [0.29, 0.717) is 12.2 Å². The Balaban J connectivity index is 2.00. The van der Waals surface area contributed by atoms with Crippen LogP contribution in [0.1, 0.15) is 13.8 Å². The first-order valence-corrected chi connectivity index (χ1v) is 7.39. The number of likely N-dealkylation sites (N-methyl/N-ethyl adjacent to an activating group) is 1. The van der Waals surface area contributed by atoms with Crippen LogP contribution in [-0.2, 0) is 4.74 Å². The molecule has 0 unspecified atom stereocenters. The number of nitro benzene ring substituents is 1. The quantitative estimate of drug-likeness (QED) is 0.617. The van der Waals surface area contributed by atoms with Crippen LogP contribution in [0.4, 0.5) is 15.8 Å². The number of nitro groups is 1. The van der Waals surface area contributed by atoms with Crippen LogP contribution < -0.4 is 4.90 Å². The Kier molecular flexibility index (Phi) is 5.31. The summed E-state index contributed by atoms with van der Waals surface area (Å²) < 4.78 is 18.9. The van der Waals surface area contributed by atoms with E-state index in [1.54, 1.807) is 11.9 Å². The molecule has 0 radical (unpaired) electrons. The monoisotopic (exact) mass is 311 g/mol. The molecule has 1 saturated heterocycles. The van der Waals surface area contributed by atoms with Crippen LogP contribution in [0, 0.1) is 15.9 Å². The van der Waals surface area contributed by atoms with Gasteiger partial charge in [0.05, 0.1) is 23.2 Å². The number of morpholine rings is 1. The van der Waals surface area contributed by atoms with Crippen LogP contribution in [0.5, 0.6) is 0 Å². The largest absolute Gasteiger partial charge is 0.373 e. The predicted molar refractivity (Wildman–Crippen MR) is 82.8 cm³/mol. The molecule has 0 amide bonds. The van der Waals surface area contributed by atoms with Gasteiger partial charge in [-0.1, -0.05) is 0 Å². The Labute approximate surface area is 129 Å². The van der Waals surface area contributed by atoms with Crippen molar-refractivity contribution in [3.8, 4) is 0 Å². The molecule has 0 saturated carbocycles. The Bertz CT molecular complexity index is 531. The van der Waals surface area contributed by atoms with Crippen molar-refractivity contribution < 1.29 is 14.1 Å². The van der Waals surface area contributed by atoms with Gasteiger partial charge in [0.2, 0.25) is 0 Å². The predicted octanol–water partition coefficient (Wildman–Crippen LogP) is 2.28. The molecule has 122 valence electrons. The Morgan fingerprint density at radius 2 is 2.05 bits per heavy atom. The first-order valence-electron chi connectivity index (χ1n) is 7.39. The second-order valence-corrected chi connectivity index (χ2v) is 5.83. The van der Waals surface area contributed by atoms with Gasteiger partial charge in [0.25, 0.3) is 5.69 Å². The van der Waals surface area contributed by atoms with Gasteiger partial charge in [-0.2, -0.15) is 0 Å². The Morgan fingerprint density at radius 3 is 2.64 bits per heavy atom. The molecule has 0 aliphatic carbocycles. The molecule has 0 bridgehead atoms. The van der Waals surface area contributed by atoms with Crippen LogP contribution >= 0.6 is 0 Å². The molecular weight excluding hydrogens is 289 g/mol. The molecule has 1 heterocycles. The maximum Gasteiger partial charge on any atom is 0.295 e. The molecule has 7 heteroatoms. The van der Waals surface area contributed by atoms with E-state index in [1.807, 2.05) is 13.8 Å². The van der Waals surface area contributed by atoms with Gasteiger partial charge < -0.3 is 9.64 Å². The van der Waals surface area contributed by atoms with Gasteiger partial charge >= 0.3 is 0 Å². The van der Waals surface area contributed by atoms with Crippen molar-refractivity contribution in [1.29, 1.82) is 0 Å². The van der Waals surface area contributed by atoms with Crippen LogP contribution in [0.25, 0.3) is 0 Å². The van der Waals surface area contributed by atoms with Crippen molar-refractivity contribution in [1.82, 2.24) is 4.90 Å². The maximum absolute atomic E-state index is 13.2. The second kappa shape index (κ2) is 7.02. The summed E-state index contributed by atoms with van der Waals surface area (Å²) >= 11 is 0. The average molecular weight is 311 g/mol. The number of halogens is 1. The van der Waals surface area contributed by atoms with Crippen molar-refractivity contribution in [2.75, 3.05) is 38.1 Å². The van der Waals surface area contributed by atoms with Gasteiger partial charge in [0.15, 0.2) is 0 Å². The van der Waals surface area contributed by atoms with Gasteiger partial charge in [-0.05, 0) is 26.0 Å². The van der Waals surface area contributed by atoms with Gasteiger partial charge in [0.1, 0.15) is 11.5 Å². The zero-order chi connectivity index (χ0) is 16.3. The lowest BCUT2D eigenvalue weighted by Gasteiger charge is -2.36. The first kappa shape index (κ1) is 16.6. The van der Waals surface area contributed by atoms with Crippen molar-refractivity contribution in [3.63, 3.8) is 0 Å². The zero-order valence-electron chi connectivity index (χ0n) is 13.2. The van der Waals surface area contributed by atoms with Gasteiger partial charge in [-0.25, -0.2) is 4.39 Å². The highest BCUT2D eigenvalue weighted by Gasteiger charge is 2.23. The molecule has 2 rings (SSSR count). The third-order valence-corrected chi connectivity index (χ3v) is 3.79. The molecule has 1 aliphatic heterocycles. The lowest BCUT2D eigenvalue weighted by Crippen LogP contribution is -2.47. The summed E-state index contributed by atoms with van der Waals surface area (Å²) in [6, 6.07) is 3.67. The van der Waals surface area contributed by atoms with E-state index in [2.05, 4.69) is 4.90 Å². The van der Waals surface area contributed by atoms with E-state index in [4.69, 9.17) is 4.74 Å². The van der Waals surface area contributed by atoms with Crippen LogP contribution in [0.3, 0.4) is 0 Å². The summed E-state index contributed by atoms with van der Waals surface area (Å²) in [6.45, 7) is 7.19. The third kappa shape index (κ3) is 4.14. The second-order valence-electron chi connectivity index (χ2n) is 5.83. The fourth-order valence-corrected chi connectivity index (χ4v) is 2.84. The molecule has 1 aromatic carbocycles. The molecule has 2 atom stereocenters. The lowest BCUT2D eigenvalue weighted by molar-refractivity contribution is -0.384. The van der Waals surface area contributed by atoms with E-state index in [0.717, 1.165) is 25.7 Å². The number of hydrogen-bond donors (Lipinski definition) is 0. The molecule has 6 nitrogen and oxygen atoms in total. The molecule has 1 fully saturated rings. The average Bonchev–Trinajstić information content (AvgIpc) is 2.43. The fraction of sp³-hybridized carbons (Fsp3) is 0.600. The number of rotatable bonds is 5. The number of benzene rings is 1. The van der Waals surface area contributed by atoms with Gasteiger partial charge in [-0.15, -0.1) is 0 Å². The van der Waals surface area contributed by atoms with E-state index in [1.165, 1.54) is 12.1 Å². The highest BCUT2D eigenvalue weighted by Crippen LogP contribution is 2.27. The van der Waals surface area contributed by atoms with Crippen molar-refractivity contribution in [3.05, 3.63) is 34.1 Å². The number of ether oxygens (including phenoxy) is 1. The fourth-order valence-electron chi connectivity index (χ4n) is 2.84. The minimum absolute atomic E-state index is 0.189. The molecule has 22 heavy (non-hydrogen) atoms. The van der Waals surface area contributed by atoms with E-state index in [9.17, 15) is 14.5 Å². The van der Waals surface area contributed by atoms with Crippen molar-refractivity contribution in [2.24, 2.45) is 0 Å². The summed E-state index contributed by atoms with van der Waals surface area (Å²) in [5.74, 6) is -0.598. The summed E-state index contributed by atoms with van der Waals surface area (Å²) in [5.41, 5.74) is 0.229. The van der Waals surface area contributed by atoms with Crippen LogP contribution in [0.15, 0.2) is 18.2 Å². The highest BCUT2D eigenvalue weighted by atomic mass is 19.1. The van der Waals surface area contributed by atoms with Crippen molar-refractivity contribution >= 4 is 11.4 Å². The summed E-state index contributed by atoms with van der Waals surface area (Å²) in [6.07, 6.45) is 0.378. The minimum atomic E-state index is -0.598. The standard InChI is InChI=1S/C15H22FN3O3/c1-11-9-18(10-12(2)22-11)7-6-17(3)14-5-4-13(16)8-15(14)19(20)21/h4-5,8,11-12H,6-7,9-10H2,1-3H3/t11-,12+. The Hall–Kier alpha value is -1.73. The first-order chi connectivity index (χ1) is 10.4. The summed E-state index contributed by atoms with van der Waals surface area (Å²) in [5, 5.41) is 11.1. The van der Waals surface area contributed by atoms with Crippen LogP contribution in [0.2, 0.25) is 0 Å². The SMILES string of the molecule is C[C@@H]1CN(CCN(C)c2ccc(F)cc2[N+](=O)[O-])C[C@H](C)O1. The van der Waals surface area contributed by atoms with E-state index < -0.39 is 10.7 Å². The molecule has 1 aliphatic rings. The number of nitrogens with zero attached hydrogens (tertiary/aromatic N) is 3. The van der Waals surface area contributed by atoms with Crippen LogP contribution in [-0.4, -0.2) is 55.3 Å². The summed E-state index contributed by atoms with van der Waals surface area (Å²) in [4.78, 5) is 14.6. The number of hydrogen-bond acceptors (Lipinski definition) is 5. The normalized spacial score (nSPS) is 22.5. The summed E-state index contributed by atoms with van der Waals surface area (Å²) in [7, 11) is 1.79. The van der Waals surface area contributed by atoms with E-state index >= 15 is 0 Å². The third-order valence-electron chi connectivity index (χ3n) is 3.79. The molecule has 0 N–H and O–H groups in total. The zero-order valence-corrected chi connectivity index (χ0v) is 13.2. The van der Waals surface area contributed by atoms with E-state index in [-0.39, 0.29) is 17.9 Å². The highest BCUT2D eigenvalue weighted by molar-refractivity contribution is 5.62. The van der Waals surface area contributed by atoms with Crippen molar-refractivity contribution in [2.45, 2.75) is 26.1 Å². The maximum atomic E-state index is 13.2. The van der Waals surface area contributed by atoms with Gasteiger partial charge in [0, 0.05) is 33.2 Å². The number of anilines is 1. The van der Waals surface area contributed by atoms with Gasteiger partial charge in [-0.3, -0.25) is 15.0 Å². The smallest absolute Gasteiger partial charge is 0.295 e. The topological polar surface area (TPSA) is 58.9 Å².